The second-order valence-electron chi connectivity index (χ2n) is 3.47. The summed E-state index contributed by atoms with van der Waals surface area (Å²) in [6, 6.07) is 0.649. The quantitative estimate of drug-likeness (QED) is 0.593. The normalized spacial score (nSPS) is 27.8. The van der Waals surface area contributed by atoms with Crippen LogP contribution in [0.15, 0.2) is 0 Å². The predicted octanol–water partition coefficient (Wildman–Crippen LogP) is 0.0506. The molecule has 1 heterocycles. The maximum atomic E-state index is 3.50. The van der Waals surface area contributed by atoms with Crippen molar-refractivity contribution in [2.24, 2.45) is 5.92 Å². The van der Waals surface area contributed by atoms with Crippen LogP contribution in [0.1, 0.15) is 13.8 Å². The molecule has 0 bridgehead atoms. The van der Waals surface area contributed by atoms with Crippen LogP contribution < -0.4 is 10.7 Å². The smallest absolute Gasteiger partial charge is 0.0288 e. The molecular formula is C8H19N3. The summed E-state index contributed by atoms with van der Waals surface area (Å²) in [5.41, 5.74) is 3.18. The number of piperazine rings is 1. The van der Waals surface area contributed by atoms with Crippen LogP contribution in [-0.4, -0.2) is 37.7 Å². The second-order valence-corrected chi connectivity index (χ2v) is 3.47. The largest absolute Gasteiger partial charge is 0.311 e. The summed E-state index contributed by atoms with van der Waals surface area (Å²) < 4.78 is 0. The van der Waals surface area contributed by atoms with E-state index >= 15 is 0 Å². The lowest BCUT2D eigenvalue weighted by atomic mass is 10.0. The third-order valence-corrected chi connectivity index (χ3v) is 2.33. The molecule has 1 rings (SSSR count). The summed E-state index contributed by atoms with van der Waals surface area (Å²) in [5.74, 6) is 0.728. The topological polar surface area (TPSA) is 27.3 Å². The summed E-state index contributed by atoms with van der Waals surface area (Å²) in [6.07, 6.45) is 0. The highest BCUT2D eigenvalue weighted by atomic mass is 15.5. The Labute approximate surface area is 69.1 Å². The van der Waals surface area contributed by atoms with Gasteiger partial charge in [0.2, 0.25) is 0 Å². The number of nitrogens with one attached hydrogen (secondary N) is 2. The Balaban J connectivity index is 2.33. The van der Waals surface area contributed by atoms with Gasteiger partial charge in [-0.2, -0.15) is 0 Å². The molecule has 2 N–H and O–H groups in total. The highest BCUT2D eigenvalue weighted by molar-refractivity contribution is 4.78. The summed E-state index contributed by atoms with van der Waals surface area (Å²) in [5, 5.41) is 5.77. The van der Waals surface area contributed by atoms with E-state index in [0.29, 0.717) is 6.04 Å². The van der Waals surface area contributed by atoms with Crippen LogP contribution in [0.25, 0.3) is 0 Å². The molecule has 0 amide bonds. The number of hydrogen-bond donors (Lipinski definition) is 2. The molecule has 1 saturated heterocycles. The minimum atomic E-state index is 0.649. The molecule has 0 aromatic carbocycles. The van der Waals surface area contributed by atoms with Gasteiger partial charge in [0.05, 0.1) is 0 Å². The van der Waals surface area contributed by atoms with Crippen LogP contribution in [0.2, 0.25) is 0 Å². The van der Waals surface area contributed by atoms with Gasteiger partial charge in [-0.25, -0.2) is 5.01 Å². The van der Waals surface area contributed by atoms with E-state index in [-0.39, 0.29) is 0 Å². The molecule has 0 saturated carbocycles. The van der Waals surface area contributed by atoms with E-state index in [1.165, 1.54) is 0 Å². The molecule has 0 aliphatic carbocycles. The summed E-state index contributed by atoms with van der Waals surface area (Å²) in [7, 11) is 1.99. The van der Waals surface area contributed by atoms with Gasteiger partial charge < -0.3 is 5.32 Å². The molecule has 1 fully saturated rings. The first-order valence-corrected chi connectivity index (χ1v) is 4.39. The van der Waals surface area contributed by atoms with Gasteiger partial charge in [-0.05, 0) is 13.0 Å². The molecule has 0 spiro atoms. The van der Waals surface area contributed by atoms with Crippen molar-refractivity contribution >= 4 is 0 Å². The van der Waals surface area contributed by atoms with Crippen molar-refractivity contribution in [2.75, 3.05) is 26.7 Å². The van der Waals surface area contributed by atoms with Gasteiger partial charge >= 0.3 is 0 Å². The molecule has 0 aromatic rings. The van der Waals surface area contributed by atoms with Crippen LogP contribution in [0, 0.1) is 5.92 Å². The highest BCUT2D eigenvalue weighted by Crippen LogP contribution is 2.05. The first-order valence-electron chi connectivity index (χ1n) is 4.39. The summed E-state index contributed by atoms with van der Waals surface area (Å²) in [6.45, 7) is 7.85. The SMILES string of the molecule is CNN1CCNC(C(C)C)C1. The lowest BCUT2D eigenvalue weighted by Gasteiger charge is -2.34. The molecule has 1 aliphatic heterocycles. The van der Waals surface area contributed by atoms with Crippen LogP contribution in [0.3, 0.4) is 0 Å². The minimum absolute atomic E-state index is 0.649. The summed E-state index contributed by atoms with van der Waals surface area (Å²) in [4.78, 5) is 0. The van der Waals surface area contributed by atoms with Crippen molar-refractivity contribution in [1.29, 1.82) is 0 Å². The number of hydrazine groups is 1. The first kappa shape index (κ1) is 8.97. The van der Waals surface area contributed by atoms with Crippen LogP contribution in [-0.2, 0) is 0 Å². The van der Waals surface area contributed by atoms with Gasteiger partial charge in [0.1, 0.15) is 0 Å². The Hall–Kier alpha value is -0.120. The fourth-order valence-corrected chi connectivity index (χ4v) is 1.43. The molecule has 66 valence electrons. The van der Waals surface area contributed by atoms with Crippen molar-refractivity contribution in [2.45, 2.75) is 19.9 Å². The minimum Gasteiger partial charge on any atom is -0.311 e. The highest BCUT2D eigenvalue weighted by Gasteiger charge is 2.20. The van der Waals surface area contributed by atoms with Crippen molar-refractivity contribution < 1.29 is 0 Å². The maximum absolute atomic E-state index is 3.50. The van der Waals surface area contributed by atoms with E-state index in [1.54, 1.807) is 0 Å². The molecule has 1 unspecified atom stereocenters. The lowest BCUT2D eigenvalue weighted by molar-refractivity contribution is 0.131. The van der Waals surface area contributed by atoms with Crippen molar-refractivity contribution in [1.82, 2.24) is 15.8 Å². The van der Waals surface area contributed by atoms with E-state index < -0.39 is 0 Å². The van der Waals surface area contributed by atoms with E-state index in [9.17, 15) is 0 Å². The molecule has 1 atom stereocenters. The van der Waals surface area contributed by atoms with Gasteiger partial charge in [0, 0.05) is 25.7 Å². The van der Waals surface area contributed by atoms with E-state index in [2.05, 4.69) is 29.6 Å². The zero-order chi connectivity index (χ0) is 8.27. The standard InChI is InChI=1S/C8H19N3/c1-7(2)8-6-11(9-3)5-4-10-8/h7-10H,4-6H2,1-3H3. The van der Waals surface area contributed by atoms with Crippen LogP contribution >= 0.6 is 0 Å². The molecule has 3 nitrogen and oxygen atoms in total. The average molecular weight is 157 g/mol. The van der Waals surface area contributed by atoms with Crippen molar-refractivity contribution in [3.05, 3.63) is 0 Å². The third-order valence-electron chi connectivity index (χ3n) is 2.33. The van der Waals surface area contributed by atoms with Crippen molar-refractivity contribution in [3.8, 4) is 0 Å². The lowest BCUT2D eigenvalue weighted by Crippen LogP contribution is -2.56. The first-order chi connectivity index (χ1) is 5.24. The van der Waals surface area contributed by atoms with E-state index in [1.807, 2.05) is 7.05 Å². The van der Waals surface area contributed by atoms with Gasteiger partial charge in [-0.1, -0.05) is 13.8 Å². The average Bonchev–Trinajstić information content (AvgIpc) is 2.05. The molecule has 1 aliphatic rings. The maximum Gasteiger partial charge on any atom is 0.0288 e. The van der Waals surface area contributed by atoms with E-state index in [4.69, 9.17) is 0 Å². The number of hydrogen-bond acceptors (Lipinski definition) is 3. The van der Waals surface area contributed by atoms with Gasteiger partial charge in [-0.3, -0.25) is 5.43 Å². The fraction of sp³-hybridized carbons (Fsp3) is 1.00. The molecular weight excluding hydrogens is 138 g/mol. The second kappa shape index (κ2) is 4.04. The Morgan fingerprint density at radius 1 is 1.55 bits per heavy atom. The monoisotopic (exact) mass is 157 g/mol. The number of rotatable bonds is 2. The van der Waals surface area contributed by atoms with E-state index in [0.717, 1.165) is 25.6 Å². The zero-order valence-corrected chi connectivity index (χ0v) is 7.72. The third kappa shape index (κ3) is 2.43. The Morgan fingerprint density at radius 3 is 2.82 bits per heavy atom. The molecule has 3 heteroatoms. The molecule has 0 radical (unpaired) electrons. The Bertz CT molecular complexity index is 114. The predicted molar refractivity (Wildman–Crippen MR) is 47.3 cm³/mol. The Kier molecular flexibility index (Phi) is 3.30. The van der Waals surface area contributed by atoms with Gasteiger partial charge in [0.15, 0.2) is 0 Å². The zero-order valence-electron chi connectivity index (χ0n) is 7.72. The van der Waals surface area contributed by atoms with Gasteiger partial charge in [-0.15, -0.1) is 0 Å². The summed E-state index contributed by atoms with van der Waals surface area (Å²) >= 11 is 0. The van der Waals surface area contributed by atoms with Crippen LogP contribution in [0.5, 0.6) is 0 Å². The molecule has 0 aromatic heterocycles. The number of nitrogens with zero attached hydrogens (tertiary/aromatic N) is 1. The molecule has 11 heavy (non-hydrogen) atoms. The fourth-order valence-electron chi connectivity index (χ4n) is 1.43. The van der Waals surface area contributed by atoms with Crippen LogP contribution in [0.4, 0.5) is 0 Å². The Morgan fingerprint density at radius 2 is 2.27 bits per heavy atom. The van der Waals surface area contributed by atoms with Gasteiger partial charge in [0.25, 0.3) is 0 Å². The van der Waals surface area contributed by atoms with Crippen molar-refractivity contribution in [3.63, 3.8) is 0 Å².